The van der Waals surface area contributed by atoms with Crippen LogP contribution < -0.4 is 0 Å². The lowest BCUT2D eigenvalue weighted by atomic mass is 9.99. The molecule has 114 valence electrons. The van der Waals surface area contributed by atoms with Crippen molar-refractivity contribution >= 4 is 19.7 Å². The normalized spacial score (nSPS) is 36.4. The van der Waals surface area contributed by atoms with E-state index in [1.807, 2.05) is 0 Å². The second kappa shape index (κ2) is 7.18. The van der Waals surface area contributed by atoms with Crippen molar-refractivity contribution in [1.29, 1.82) is 0 Å². The molecule has 0 aromatic rings. The molecule has 8 nitrogen and oxygen atoms in total. The average molecular weight is 318 g/mol. The molecule has 19 heavy (non-hydrogen) atoms. The largest absolute Gasteiger partial charge is 0.394 e. The monoisotopic (exact) mass is 318 g/mol. The first-order chi connectivity index (χ1) is 8.76. The van der Waals surface area contributed by atoms with Gasteiger partial charge in [-0.1, -0.05) is 0 Å². The SMILES string of the molecule is CS(=O)(=O)SCCO[C@H]1O[C@H](CO)[C@@H](O)[C@H](O)[C@@H]1O. The van der Waals surface area contributed by atoms with Crippen molar-refractivity contribution < 1.29 is 38.3 Å². The lowest BCUT2D eigenvalue weighted by molar-refractivity contribution is -0.299. The van der Waals surface area contributed by atoms with E-state index in [0.717, 1.165) is 6.26 Å². The van der Waals surface area contributed by atoms with Crippen LogP contribution in [0.4, 0.5) is 0 Å². The van der Waals surface area contributed by atoms with Gasteiger partial charge in [-0.05, 0) is 10.8 Å². The van der Waals surface area contributed by atoms with E-state index < -0.39 is 46.2 Å². The molecule has 0 aliphatic carbocycles. The summed E-state index contributed by atoms with van der Waals surface area (Å²) in [6, 6.07) is 0. The summed E-state index contributed by atoms with van der Waals surface area (Å²) in [7, 11) is -2.49. The third kappa shape index (κ3) is 5.16. The quantitative estimate of drug-likeness (QED) is 0.309. The van der Waals surface area contributed by atoms with Gasteiger partial charge in [0.2, 0.25) is 0 Å². The Morgan fingerprint density at radius 2 is 1.84 bits per heavy atom. The number of ether oxygens (including phenoxy) is 2. The van der Waals surface area contributed by atoms with Gasteiger partial charge in [0.25, 0.3) is 0 Å². The molecule has 4 N–H and O–H groups in total. The van der Waals surface area contributed by atoms with Crippen LogP contribution in [0.5, 0.6) is 0 Å². The molecule has 1 saturated heterocycles. The number of rotatable bonds is 6. The molecule has 1 aliphatic rings. The Balaban J connectivity index is 2.44. The van der Waals surface area contributed by atoms with Crippen molar-refractivity contribution in [2.45, 2.75) is 30.7 Å². The molecule has 1 heterocycles. The Bertz CT molecular complexity index is 370. The van der Waals surface area contributed by atoms with E-state index in [9.17, 15) is 23.7 Å². The molecule has 5 atom stereocenters. The Hall–Kier alpha value is 0.0600. The fourth-order valence-electron chi connectivity index (χ4n) is 1.55. The van der Waals surface area contributed by atoms with Crippen LogP contribution in [0.1, 0.15) is 0 Å². The standard InChI is InChI=1S/C9H18O8S2/c1-19(14,15)18-3-2-16-9-8(13)7(12)6(11)5(4-10)17-9/h5-13H,2-4H2,1H3/t5-,6-,7+,8+,9+/m1/s1. The van der Waals surface area contributed by atoms with E-state index in [-0.39, 0.29) is 12.4 Å². The van der Waals surface area contributed by atoms with E-state index in [1.54, 1.807) is 0 Å². The highest BCUT2D eigenvalue weighted by Crippen LogP contribution is 2.22. The maximum Gasteiger partial charge on any atom is 0.198 e. The summed E-state index contributed by atoms with van der Waals surface area (Å²) in [5, 5.41) is 37.6. The molecule has 0 radical (unpaired) electrons. The van der Waals surface area contributed by atoms with Crippen molar-refractivity contribution in [2.75, 3.05) is 25.2 Å². The van der Waals surface area contributed by atoms with Crippen molar-refractivity contribution in [2.24, 2.45) is 0 Å². The summed E-state index contributed by atoms with van der Waals surface area (Å²) in [6.07, 6.45) is -5.61. The number of hydrogen-bond donors (Lipinski definition) is 4. The van der Waals surface area contributed by atoms with Gasteiger partial charge in [0, 0.05) is 12.0 Å². The zero-order chi connectivity index (χ0) is 14.6. The van der Waals surface area contributed by atoms with E-state index in [1.165, 1.54) is 0 Å². The number of aliphatic hydroxyl groups excluding tert-OH is 4. The molecule has 0 aromatic carbocycles. The molecule has 0 spiro atoms. The second-order valence-electron chi connectivity index (χ2n) is 4.09. The van der Waals surface area contributed by atoms with Crippen LogP contribution in [0.15, 0.2) is 0 Å². The molecule has 10 heteroatoms. The van der Waals surface area contributed by atoms with Gasteiger partial charge in [0.1, 0.15) is 24.4 Å². The Morgan fingerprint density at radius 3 is 2.37 bits per heavy atom. The van der Waals surface area contributed by atoms with Gasteiger partial charge in [-0.15, -0.1) is 0 Å². The maximum atomic E-state index is 10.9. The molecular formula is C9H18O8S2. The van der Waals surface area contributed by atoms with Gasteiger partial charge in [0.05, 0.1) is 13.2 Å². The van der Waals surface area contributed by atoms with Crippen LogP contribution >= 0.6 is 10.8 Å². The van der Waals surface area contributed by atoms with Gasteiger partial charge in [0.15, 0.2) is 15.2 Å². The predicted octanol–water partition coefficient (Wildman–Crippen LogP) is -2.50. The summed E-state index contributed by atoms with van der Waals surface area (Å²) >= 11 is 0. The van der Waals surface area contributed by atoms with Crippen molar-refractivity contribution in [3.63, 3.8) is 0 Å². The van der Waals surface area contributed by atoms with Gasteiger partial charge in [-0.3, -0.25) is 0 Å². The van der Waals surface area contributed by atoms with Gasteiger partial charge >= 0.3 is 0 Å². The lowest BCUT2D eigenvalue weighted by Crippen LogP contribution is -2.59. The molecule has 1 aliphatic heterocycles. The minimum atomic E-state index is -3.17. The fraction of sp³-hybridized carbons (Fsp3) is 1.00. The van der Waals surface area contributed by atoms with Crippen molar-refractivity contribution in [3.8, 4) is 0 Å². The van der Waals surface area contributed by atoms with Gasteiger partial charge < -0.3 is 29.9 Å². The third-order valence-corrected chi connectivity index (χ3v) is 5.06. The van der Waals surface area contributed by atoms with Crippen LogP contribution in [0, 0.1) is 0 Å². The highest BCUT2D eigenvalue weighted by Gasteiger charge is 2.43. The summed E-state index contributed by atoms with van der Waals surface area (Å²) in [4.78, 5) is 0. The molecule has 0 aromatic heterocycles. The molecule has 0 bridgehead atoms. The van der Waals surface area contributed by atoms with Crippen LogP contribution in [-0.4, -0.2) is 84.8 Å². The highest BCUT2D eigenvalue weighted by atomic mass is 33.1. The smallest absolute Gasteiger partial charge is 0.198 e. The molecule has 1 rings (SSSR count). The summed E-state index contributed by atoms with van der Waals surface area (Å²) in [6.45, 7) is -0.566. The van der Waals surface area contributed by atoms with Crippen LogP contribution in [-0.2, 0) is 18.3 Å². The lowest BCUT2D eigenvalue weighted by Gasteiger charge is -2.39. The number of hydrogen-bond acceptors (Lipinski definition) is 9. The molecule has 0 saturated carbocycles. The first-order valence-electron chi connectivity index (χ1n) is 5.53. The van der Waals surface area contributed by atoms with E-state index in [0.29, 0.717) is 10.8 Å². The Kier molecular flexibility index (Phi) is 6.47. The first-order valence-corrected chi connectivity index (χ1v) is 8.92. The molecule has 0 unspecified atom stereocenters. The van der Waals surface area contributed by atoms with Crippen LogP contribution in [0.2, 0.25) is 0 Å². The molecular weight excluding hydrogens is 300 g/mol. The Morgan fingerprint density at radius 1 is 1.21 bits per heavy atom. The number of aliphatic hydroxyl groups is 4. The average Bonchev–Trinajstić information content (AvgIpc) is 2.33. The third-order valence-electron chi connectivity index (χ3n) is 2.51. The summed E-state index contributed by atoms with van der Waals surface area (Å²) in [5.74, 6) is 0.133. The second-order valence-corrected chi connectivity index (χ2v) is 8.67. The summed E-state index contributed by atoms with van der Waals surface area (Å²) in [5.41, 5.74) is 0. The zero-order valence-corrected chi connectivity index (χ0v) is 11.9. The maximum absolute atomic E-state index is 10.9. The Labute approximate surface area is 114 Å². The fourth-order valence-corrected chi connectivity index (χ4v) is 3.13. The van der Waals surface area contributed by atoms with Crippen LogP contribution in [0.25, 0.3) is 0 Å². The first kappa shape index (κ1) is 17.1. The van der Waals surface area contributed by atoms with Gasteiger partial charge in [-0.2, -0.15) is 0 Å². The van der Waals surface area contributed by atoms with Crippen LogP contribution in [0.3, 0.4) is 0 Å². The molecule has 0 amide bonds. The predicted molar refractivity (Wildman–Crippen MR) is 67.0 cm³/mol. The van der Waals surface area contributed by atoms with E-state index >= 15 is 0 Å². The molecule has 1 fully saturated rings. The topological polar surface area (TPSA) is 134 Å². The summed E-state index contributed by atoms with van der Waals surface area (Å²) < 4.78 is 31.9. The van der Waals surface area contributed by atoms with E-state index in [4.69, 9.17) is 14.6 Å². The van der Waals surface area contributed by atoms with Crippen molar-refractivity contribution in [3.05, 3.63) is 0 Å². The highest BCUT2D eigenvalue weighted by molar-refractivity contribution is 8.71. The minimum absolute atomic E-state index is 0.0274. The van der Waals surface area contributed by atoms with Crippen molar-refractivity contribution in [1.82, 2.24) is 0 Å². The van der Waals surface area contributed by atoms with Gasteiger partial charge in [-0.25, -0.2) is 8.42 Å². The minimum Gasteiger partial charge on any atom is -0.394 e. The zero-order valence-electron chi connectivity index (χ0n) is 10.2. The van der Waals surface area contributed by atoms with E-state index in [2.05, 4.69) is 0 Å².